The summed E-state index contributed by atoms with van der Waals surface area (Å²) in [6, 6.07) is 14.3. The number of nitrogens with zero attached hydrogens (tertiary/aromatic N) is 2. The molecule has 0 aliphatic carbocycles. The molecule has 1 aliphatic rings. The molecule has 0 bridgehead atoms. The van der Waals surface area contributed by atoms with Crippen LogP contribution in [0.5, 0.6) is 5.75 Å². The maximum atomic E-state index is 12.7. The van der Waals surface area contributed by atoms with E-state index in [9.17, 15) is 13.2 Å². The SMILES string of the molecule is Cc1ccc2c(c1)N(S(C)(=O)=O)CCC(C(=O)Nc1ccc(CC#N)cc1)O2. The van der Waals surface area contributed by atoms with Gasteiger partial charge in [0.15, 0.2) is 6.10 Å². The molecule has 0 radical (unpaired) electrons. The molecular formula is C20H21N3O4S. The second kappa shape index (κ2) is 7.90. The summed E-state index contributed by atoms with van der Waals surface area (Å²) in [5.74, 6) is 0.00736. The highest BCUT2D eigenvalue weighted by Gasteiger charge is 2.31. The van der Waals surface area contributed by atoms with Crippen LogP contribution in [0, 0.1) is 18.3 Å². The average Bonchev–Trinajstić information content (AvgIpc) is 2.82. The van der Waals surface area contributed by atoms with Crippen LogP contribution in [-0.2, 0) is 21.2 Å². The first-order valence-electron chi connectivity index (χ1n) is 8.79. The average molecular weight is 399 g/mol. The van der Waals surface area contributed by atoms with Gasteiger partial charge in [0, 0.05) is 18.7 Å². The van der Waals surface area contributed by atoms with Gasteiger partial charge in [-0.2, -0.15) is 5.26 Å². The van der Waals surface area contributed by atoms with Crippen molar-refractivity contribution in [2.45, 2.75) is 25.9 Å². The summed E-state index contributed by atoms with van der Waals surface area (Å²) in [6.45, 7) is 2.01. The van der Waals surface area contributed by atoms with Gasteiger partial charge < -0.3 is 10.1 Å². The Morgan fingerprint density at radius 2 is 2.00 bits per heavy atom. The first-order chi connectivity index (χ1) is 13.3. The lowest BCUT2D eigenvalue weighted by atomic mass is 10.1. The maximum Gasteiger partial charge on any atom is 0.265 e. The van der Waals surface area contributed by atoms with Crippen molar-refractivity contribution in [3.63, 3.8) is 0 Å². The minimum atomic E-state index is -3.50. The Hall–Kier alpha value is -3.05. The predicted octanol–water partition coefficient (Wildman–Crippen LogP) is 2.62. The second-order valence-corrected chi connectivity index (χ2v) is 8.63. The molecule has 7 nitrogen and oxygen atoms in total. The molecule has 1 unspecified atom stereocenters. The van der Waals surface area contributed by atoms with E-state index in [1.807, 2.05) is 13.0 Å². The number of carbonyl (C=O) groups is 1. The van der Waals surface area contributed by atoms with Gasteiger partial charge in [0.1, 0.15) is 5.75 Å². The minimum Gasteiger partial charge on any atom is -0.478 e. The zero-order valence-electron chi connectivity index (χ0n) is 15.7. The van der Waals surface area contributed by atoms with E-state index in [0.717, 1.165) is 17.4 Å². The molecule has 1 N–H and O–H groups in total. The van der Waals surface area contributed by atoms with Crippen LogP contribution in [0.1, 0.15) is 17.5 Å². The lowest BCUT2D eigenvalue weighted by Crippen LogP contribution is -2.35. The van der Waals surface area contributed by atoms with Crippen LogP contribution in [0.2, 0.25) is 0 Å². The van der Waals surface area contributed by atoms with Crippen molar-refractivity contribution >= 4 is 27.3 Å². The third-order valence-electron chi connectivity index (χ3n) is 4.44. The van der Waals surface area contributed by atoms with Gasteiger partial charge in [0.25, 0.3) is 5.91 Å². The van der Waals surface area contributed by atoms with Crippen LogP contribution in [0.4, 0.5) is 11.4 Å². The minimum absolute atomic E-state index is 0.147. The Morgan fingerprint density at radius 3 is 2.64 bits per heavy atom. The van der Waals surface area contributed by atoms with Crippen LogP contribution in [-0.4, -0.2) is 33.2 Å². The smallest absolute Gasteiger partial charge is 0.265 e. The van der Waals surface area contributed by atoms with E-state index < -0.39 is 16.1 Å². The summed E-state index contributed by atoms with van der Waals surface area (Å²) in [6.07, 6.45) is 0.839. The number of rotatable bonds is 4. The number of hydrogen-bond donors (Lipinski definition) is 1. The first-order valence-corrected chi connectivity index (χ1v) is 10.6. The fraction of sp³-hybridized carbons (Fsp3) is 0.300. The third kappa shape index (κ3) is 4.43. The second-order valence-electron chi connectivity index (χ2n) is 6.72. The van der Waals surface area contributed by atoms with E-state index >= 15 is 0 Å². The maximum absolute atomic E-state index is 12.7. The standard InChI is InChI=1S/C20H21N3O4S/c1-14-3-8-18-17(13-14)23(28(2,25)26)12-10-19(27-18)20(24)22-16-6-4-15(5-7-16)9-11-21/h3-8,13,19H,9-10,12H2,1-2H3,(H,22,24). The molecule has 1 amide bonds. The molecule has 1 atom stereocenters. The van der Waals surface area contributed by atoms with E-state index in [0.29, 0.717) is 23.5 Å². The van der Waals surface area contributed by atoms with E-state index in [1.165, 1.54) is 4.31 Å². The molecule has 0 aromatic heterocycles. The molecule has 2 aromatic rings. The van der Waals surface area contributed by atoms with Gasteiger partial charge in [-0.05, 0) is 42.3 Å². The van der Waals surface area contributed by atoms with Gasteiger partial charge in [-0.3, -0.25) is 9.10 Å². The summed E-state index contributed by atoms with van der Waals surface area (Å²) in [5, 5.41) is 11.5. The zero-order valence-corrected chi connectivity index (χ0v) is 16.5. The van der Waals surface area contributed by atoms with Crippen molar-refractivity contribution in [2.75, 3.05) is 22.4 Å². The van der Waals surface area contributed by atoms with Crippen molar-refractivity contribution in [2.24, 2.45) is 0 Å². The van der Waals surface area contributed by atoms with Crippen molar-refractivity contribution in [3.8, 4) is 11.8 Å². The molecule has 8 heteroatoms. The molecule has 0 saturated carbocycles. The largest absolute Gasteiger partial charge is 0.478 e. The van der Waals surface area contributed by atoms with Crippen molar-refractivity contribution < 1.29 is 17.9 Å². The molecule has 1 aliphatic heterocycles. The number of nitriles is 1. The Morgan fingerprint density at radius 1 is 1.29 bits per heavy atom. The van der Waals surface area contributed by atoms with Crippen LogP contribution >= 0.6 is 0 Å². The highest BCUT2D eigenvalue weighted by atomic mass is 32.2. The van der Waals surface area contributed by atoms with Crippen molar-refractivity contribution in [1.82, 2.24) is 0 Å². The molecular weight excluding hydrogens is 378 g/mol. The number of ether oxygens (including phenoxy) is 1. The van der Waals surface area contributed by atoms with Crippen LogP contribution in [0.25, 0.3) is 0 Å². The van der Waals surface area contributed by atoms with E-state index in [4.69, 9.17) is 10.00 Å². The summed E-state index contributed by atoms with van der Waals surface area (Å²) in [5.41, 5.74) is 2.79. The topological polar surface area (TPSA) is 99.5 Å². The number of nitrogens with one attached hydrogen (secondary N) is 1. The zero-order chi connectivity index (χ0) is 20.3. The van der Waals surface area contributed by atoms with Gasteiger partial charge in [-0.1, -0.05) is 18.2 Å². The third-order valence-corrected chi connectivity index (χ3v) is 5.62. The monoisotopic (exact) mass is 399 g/mol. The molecule has 3 rings (SSSR count). The molecule has 1 heterocycles. The number of benzene rings is 2. The van der Waals surface area contributed by atoms with Crippen LogP contribution < -0.4 is 14.4 Å². The number of hydrogen-bond acceptors (Lipinski definition) is 5. The van der Waals surface area contributed by atoms with E-state index in [1.54, 1.807) is 36.4 Å². The van der Waals surface area contributed by atoms with Gasteiger partial charge >= 0.3 is 0 Å². The molecule has 28 heavy (non-hydrogen) atoms. The summed E-state index contributed by atoms with van der Waals surface area (Å²) in [4.78, 5) is 12.7. The summed E-state index contributed by atoms with van der Waals surface area (Å²) >= 11 is 0. The fourth-order valence-electron chi connectivity index (χ4n) is 3.04. The summed E-state index contributed by atoms with van der Waals surface area (Å²) < 4.78 is 31.6. The van der Waals surface area contributed by atoms with Crippen molar-refractivity contribution in [1.29, 1.82) is 5.26 Å². The number of aryl methyl sites for hydroxylation is 1. The number of sulfonamides is 1. The van der Waals surface area contributed by atoms with Crippen LogP contribution in [0.3, 0.4) is 0 Å². The molecule has 0 fully saturated rings. The van der Waals surface area contributed by atoms with Crippen LogP contribution in [0.15, 0.2) is 42.5 Å². The van der Waals surface area contributed by atoms with Gasteiger partial charge in [-0.15, -0.1) is 0 Å². The molecule has 146 valence electrons. The predicted molar refractivity (Wildman–Crippen MR) is 107 cm³/mol. The Bertz CT molecular complexity index is 1030. The summed E-state index contributed by atoms with van der Waals surface area (Å²) in [7, 11) is -3.50. The Kier molecular flexibility index (Phi) is 5.56. The highest BCUT2D eigenvalue weighted by Crippen LogP contribution is 2.35. The van der Waals surface area contributed by atoms with Crippen molar-refractivity contribution in [3.05, 3.63) is 53.6 Å². The fourth-order valence-corrected chi connectivity index (χ4v) is 3.98. The van der Waals surface area contributed by atoms with Gasteiger partial charge in [-0.25, -0.2) is 8.42 Å². The lowest BCUT2D eigenvalue weighted by molar-refractivity contribution is -0.122. The molecule has 2 aromatic carbocycles. The number of amides is 1. The number of anilines is 2. The normalized spacial score (nSPS) is 16.3. The first kappa shape index (κ1) is 19.7. The number of carbonyl (C=O) groups excluding carboxylic acids is 1. The molecule has 0 spiro atoms. The number of fused-ring (bicyclic) bond motifs is 1. The molecule has 0 saturated heterocycles. The van der Waals surface area contributed by atoms with Gasteiger partial charge in [0.2, 0.25) is 10.0 Å². The van der Waals surface area contributed by atoms with E-state index in [2.05, 4.69) is 11.4 Å². The lowest BCUT2D eigenvalue weighted by Gasteiger charge is -2.21. The quantitative estimate of drug-likeness (QED) is 0.852. The van der Waals surface area contributed by atoms with E-state index in [-0.39, 0.29) is 18.9 Å². The Balaban J connectivity index is 1.81. The van der Waals surface area contributed by atoms with Gasteiger partial charge in [0.05, 0.1) is 24.4 Å². The Labute approximate surface area is 164 Å². The highest BCUT2D eigenvalue weighted by molar-refractivity contribution is 7.92.